The molecule has 0 spiro atoms. The molecule has 0 heterocycles. The molecule has 15 heavy (non-hydrogen) atoms. The fourth-order valence-corrected chi connectivity index (χ4v) is 1.48. The van der Waals surface area contributed by atoms with Crippen molar-refractivity contribution in [3.8, 4) is 0 Å². The number of aliphatic hydroxyl groups excluding tert-OH is 1. The second kappa shape index (κ2) is 6.19. The van der Waals surface area contributed by atoms with Gasteiger partial charge in [-0.25, -0.2) is 0 Å². The number of para-hydroxylation sites is 1. The van der Waals surface area contributed by atoms with E-state index < -0.39 is 0 Å². The molecule has 1 aromatic rings. The Morgan fingerprint density at radius 2 is 2.00 bits per heavy atom. The first-order valence-electron chi connectivity index (χ1n) is 5.26. The second-order valence-electron chi connectivity index (χ2n) is 3.30. The van der Waals surface area contributed by atoms with Crippen LogP contribution in [0.4, 0.5) is 5.69 Å². The summed E-state index contributed by atoms with van der Waals surface area (Å²) < 4.78 is 0. The van der Waals surface area contributed by atoms with E-state index in [0.29, 0.717) is 19.4 Å². The van der Waals surface area contributed by atoms with Crippen molar-refractivity contribution in [2.24, 2.45) is 0 Å². The van der Waals surface area contributed by atoms with Gasteiger partial charge in [-0.1, -0.05) is 18.2 Å². The third-order valence-corrected chi connectivity index (χ3v) is 2.23. The second-order valence-corrected chi connectivity index (χ2v) is 3.30. The van der Waals surface area contributed by atoms with Crippen molar-refractivity contribution < 1.29 is 9.90 Å². The number of aliphatic hydroxyl groups is 1. The van der Waals surface area contributed by atoms with Gasteiger partial charge in [0.1, 0.15) is 0 Å². The third kappa shape index (κ3) is 3.36. The lowest BCUT2D eigenvalue weighted by molar-refractivity contribution is -0.118. The fourth-order valence-electron chi connectivity index (χ4n) is 1.48. The van der Waals surface area contributed by atoms with E-state index in [1.165, 1.54) is 0 Å². The van der Waals surface area contributed by atoms with Crippen LogP contribution >= 0.6 is 0 Å². The Morgan fingerprint density at radius 1 is 1.33 bits per heavy atom. The molecule has 0 unspecified atom stereocenters. The van der Waals surface area contributed by atoms with Crippen LogP contribution in [0.15, 0.2) is 30.3 Å². The van der Waals surface area contributed by atoms with Gasteiger partial charge >= 0.3 is 0 Å². The fraction of sp³-hybridized carbons (Fsp3) is 0.417. The van der Waals surface area contributed by atoms with E-state index in [9.17, 15) is 4.79 Å². The van der Waals surface area contributed by atoms with E-state index in [-0.39, 0.29) is 12.5 Å². The van der Waals surface area contributed by atoms with Crippen molar-refractivity contribution in [1.29, 1.82) is 0 Å². The number of carbonyl (C=O) groups excluding carboxylic acids is 1. The monoisotopic (exact) mass is 207 g/mol. The van der Waals surface area contributed by atoms with Crippen molar-refractivity contribution in [2.75, 3.05) is 18.1 Å². The van der Waals surface area contributed by atoms with Crippen LogP contribution in [0.25, 0.3) is 0 Å². The van der Waals surface area contributed by atoms with Crippen LogP contribution in [0.2, 0.25) is 0 Å². The van der Waals surface area contributed by atoms with Crippen LogP contribution in [0.1, 0.15) is 19.8 Å². The first-order chi connectivity index (χ1) is 7.29. The summed E-state index contributed by atoms with van der Waals surface area (Å²) in [6.45, 7) is 2.68. The van der Waals surface area contributed by atoms with Crippen LogP contribution in [-0.4, -0.2) is 24.2 Å². The molecule has 3 nitrogen and oxygen atoms in total. The largest absolute Gasteiger partial charge is 0.396 e. The smallest absolute Gasteiger partial charge is 0.227 e. The van der Waals surface area contributed by atoms with Gasteiger partial charge in [-0.05, 0) is 25.5 Å². The summed E-state index contributed by atoms with van der Waals surface area (Å²) in [6, 6.07) is 9.59. The molecule has 0 aromatic heterocycles. The summed E-state index contributed by atoms with van der Waals surface area (Å²) in [4.78, 5) is 13.5. The number of carbonyl (C=O) groups is 1. The standard InChI is InChI=1S/C12H17NO2/c1-2-13(12(15)9-6-10-14)11-7-4-3-5-8-11/h3-5,7-8,14H,2,6,9-10H2,1H3. The highest BCUT2D eigenvalue weighted by Crippen LogP contribution is 2.14. The summed E-state index contributed by atoms with van der Waals surface area (Å²) in [6.07, 6.45) is 0.932. The average Bonchev–Trinajstić information content (AvgIpc) is 2.29. The van der Waals surface area contributed by atoms with Crippen LogP contribution in [0.5, 0.6) is 0 Å². The van der Waals surface area contributed by atoms with Gasteiger partial charge in [0.05, 0.1) is 0 Å². The molecule has 82 valence electrons. The maximum absolute atomic E-state index is 11.7. The van der Waals surface area contributed by atoms with Gasteiger partial charge in [0.25, 0.3) is 0 Å². The van der Waals surface area contributed by atoms with Crippen LogP contribution in [-0.2, 0) is 4.79 Å². The Labute approximate surface area is 90.3 Å². The summed E-state index contributed by atoms with van der Waals surface area (Å²) in [5.41, 5.74) is 0.919. The average molecular weight is 207 g/mol. The van der Waals surface area contributed by atoms with E-state index in [2.05, 4.69) is 0 Å². The molecular weight excluding hydrogens is 190 g/mol. The van der Waals surface area contributed by atoms with Crippen LogP contribution < -0.4 is 4.90 Å². The van der Waals surface area contributed by atoms with E-state index in [1.54, 1.807) is 4.90 Å². The van der Waals surface area contributed by atoms with Crippen LogP contribution in [0.3, 0.4) is 0 Å². The maximum atomic E-state index is 11.7. The van der Waals surface area contributed by atoms with Gasteiger partial charge in [0, 0.05) is 25.3 Å². The Balaban J connectivity index is 2.67. The zero-order valence-corrected chi connectivity index (χ0v) is 9.02. The molecule has 0 aliphatic carbocycles. The Kier molecular flexibility index (Phi) is 4.84. The molecule has 1 amide bonds. The number of anilines is 1. The van der Waals surface area contributed by atoms with Crippen molar-refractivity contribution in [3.05, 3.63) is 30.3 Å². The topological polar surface area (TPSA) is 40.5 Å². The molecule has 1 aromatic carbocycles. The number of rotatable bonds is 5. The Hall–Kier alpha value is -1.35. The highest BCUT2D eigenvalue weighted by atomic mass is 16.3. The molecule has 0 saturated heterocycles. The lowest BCUT2D eigenvalue weighted by Crippen LogP contribution is -2.30. The summed E-state index contributed by atoms with van der Waals surface area (Å²) in [5.74, 6) is 0.0674. The molecular formula is C12H17NO2. The zero-order valence-electron chi connectivity index (χ0n) is 9.02. The number of hydrogen-bond acceptors (Lipinski definition) is 2. The minimum Gasteiger partial charge on any atom is -0.396 e. The third-order valence-electron chi connectivity index (χ3n) is 2.23. The van der Waals surface area contributed by atoms with E-state index in [4.69, 9.17) is 5.11 Å². The van der Waals surface area contributed by atoms with Gasteiger partial charge in [0.2, 0.25) is 5.91 Å². The van der Waals surface area contributed by atoms with Gasteiger partial charge < -0.3 is 10.0 Å². The lowest BCUT2D eigenvalue weighted by Gasteiger charge is -2.20. The number of hydrogen-bond donors (Lipinski definition) is 1. The highest BCUT2D eigenvalue weighted by Gasteiger charge is 2.12. The van der Waals surface area contributed by atoms with E-state index >= 15 is 0 Å². The van der Waals surface area contributed by atoms with Crippen molar-refractivity contribution >= 4 is 11.6 Å². The molecule has 1 N–H and O–H groups in total. The molecule has 0 saturated carbocycles. The maximum Gasteiger partial charge on any atom is 0.227 e. The first-order valence-corrected chi connectivity index (χ1v) is 5.26. The summed E-state index contributed by atoms with van der Waals surface area (Å²) in [5, 5.41) is 8.67. The number of benzene rings is 1. The summed E-state index contributed by atoms with van der Waals surface area (Å²) in [7, 11) is 0. The zero-order chi connectivity index (χ0) is 11.1. The van der Waals surface area contributed by atoms with Crippen molar-refractivity contribution in [3.63, 3.8) is 0 Å². The molecule has 0 atom stereocenters. The predicted molar refractivity (Wildman–Crippen MR) is 60.8 cm³/mol. The van der Waals surface area contributed by atoms with E-state index in [1.807, 2.05) is 37.3 Å². The van der Waals surface area contributed by atoms with Gasteiger partial charge in [-0.2, -0.15) is 0 Å². The van der Waals surface area contributed by atoms with Gasteiger partial charge in [-0.15, -0.1) is 0 Å². The SMILES string of the molecule is CCN(C(=O)CCCO)c1ccccc1. The highest BCUT2D eigenvalue weighted by molar-refractivity contribution is 5.93. The minimum absolute atomic E-state index is 0.0674. The molecule has 3 heteroatoms. The lowest BCUT2D eigenvalue weighted by atomic mass is 10.2. The van der Waals surface area contributed by atoms with Crippen molar-refractivity contribution in [1.82, 2.24) is 0 Å². The van der Waals surface area contributed by atoms with Crippen LogP contribution in [0, 0.1) is 0 Å². The van der Waals surface area contributed by atoms with Gasteiger partial charge in [0.15, 0.2) is 0 Å². The molecule has 0 fully saturated rings. The molecule has 0 radical (unpaired) electrons. The first kappa shape index (κ1) is 11.7. The normalized spacial score (nSPS) is 10.0. The molecule has 0 aliphatic rings. The van der Waals surface area contributed by atoms with Gasteiger partial charge in [-0.3, -0.25) is 4.79 Å². The Bertz CT molecular complexity index is 298. The Morgan fingerprint density at radius 3 is 2.53 bits per heavy atom. The minimum atomic E-state index is 0.0674. The summed E-state index contributed by atoms with van der Waals surface area (Å²) >= 11 is 0. The quantitative estimate of drug-likeness (QED) is 0.800. The molecule has 0 aliphatic heterocycles. The van der Waals surface area contributed by atoms with Crippen molar-refractivity contribution in [2.45, 2.75) is 19.8 Å². The molecule has 0 bridgehead atoms. The molecule has 1 rings (SSSR count). The number of nitrogens with zero attached hydrogens (tertiary/aromatic N) is 1. The predicted octanol–water partition coefficient (Wildman–Crippen LogP) is 1.81. The van der Waals surface area contributed by atoms with E-state index in [0.717, 1.165) is 5.69 Å². The number of amides is 1.